The van der Waals surface area contributed by atoms with E-state index in [2.05, 4.69) is 5.32 Å². The number of amides is 3. The average molecular weight is 505 g/mol. The number of carbonyl (C=O) groups is 2. The molecule has 35 heavy (non-hydrogen) atoms. The number of piperazine rings is 1. The van der Waals surface area contributed by atoms with Crippen LogP contribution in [0.1, 0.15) is 46.8 Å². The predicted octanol–water partition coefficient (Wildman–Crippen LogP) is 5.46. The molecule has 2 aromatic rings. The molecule has 12 heteroatoms. The summed E-state index contributed by atoms with van der Waals surface area (Å²) in [6.45, 7) is 2.96. The van der Waals surface area contributed by atoms with Crippen molar-refractivity contribution in [1.29, 1.82) is 0 Å². The van der Waals surface area contributed by atoms with Gasteiger partial charge in [-0.3, -0.25) is 4.79 Å². The van der Waals surface area contributed by atoms with E-state index in [1.807, 2.05) is 0 Å². The quantitative estimate of drug-likeness (QED) is 0.564. The fourth-order valence-electron chi connectivity index (χ4n) is 3.94. The lowest BCUT2D eigenvalue weighted by Crippen LogP contribution is -2.55. The van der Waals surface area contributed by atoms with Crippen LogP contribution in [0.5, 0.6) is 0 Å². The maximum Gasteiger partial charge on any atom is 0.416 e. The lowest BCUT2D eigenvalue weighted by Gasteiger charge is -2.39. The normalized spacial score (nSPS) is 17.7. The van der Waals surface area contributed by atoms with E-state index in [0.717, 1.165) is 15.9 Å². The minimum absolute atomic E-state index is 0.0142. The molecule has 1 aliphatic heterocycles. The van der Waals surface area contributed by atoms with Crippen molar-refractivity contribution < 1.29 is 40.3 Å². The molecule has 1 saturated heterocycles. The first-order valence-electron chi connectivity index (χ1n) is 10.5. The standard InChI is InChI=1S/C23H22F7N3O2/c1-12-8-17(24)4-5-18(12)19-20(34)31-6-7-33(19)21(35)32(3)13(2)14-9-15(22(25,26)27)11-16(10-14)23(28,29)30/h4-5,8-11,13,19H,6-7H2,1-3H3,(H,31,34)/t13-,19-/m1/s1. The van der Waals surface area contributed by atoms with E-state index in [1.165, 1.54) is 26.1 Å². The number of hydrogen-bond donors (Lipinski definition) is 1. The molecular formula is C23H22F7N3O2. The lowest BCUT2D eigenvalue weighted by atomic mass is 9.97. The molecule has 5 nitrogen and oxygen atoms in total. The molecule has 0 saturated carbocycles. The third-order valence-corrected chi connectivity index (χ3v) is 5.96. The highest BCUT2D eigenvalue weighted by Crippen LogP contribution is 2.38. The Bertz CT molecular complexity index is 1100. The highest BCUT2D eigenvalue weighted by Gasteiger charge is 2.40. The molecule has 3 amide bonds. The molecule has 1 N–H and O–H groups in total. The minimum atomic E-state index is -5.03. The van der Waals surface area contributed by atoms with Crippen LogP contribution in [-0.4, -0.2) is 41.9 Å². The summed E-state index contributed by atoms with van der Waals surface area (Å²) in [5.74, 6) is -1.09. The SMILES string of the molecule is Cc1cc(F)ccc1[C@@H]1C(=O)NCCN1C(=O)N(C)[C@H](C)c1cc(C(F)(F)F)cc(C(F)(F)F)c1. The topological polar surface area (TPSA) is 52.7 Å². The average Bonchev–Trinajstić information content (AvgIpc) is 2.76. The lowest BCUT2D eigenvalue weighted by molar-refractivity contribution is -0.143. The first kappa shape index (κ1) is 26.3. The van der Waals surface area contributed by atoms with Crippen LogP contribution < -0.4 is 5.32 Å². The van der Waals surface area contributed by atoms with Crippen LogP contribution in [0.3, 0.4) is 0 Å². The summed E-state index contributed by atoms with van der Waals surface area (Å²) < 4.78 is 93.2. The summed E-state index contributed by atoms with van der Waals surface area (Å²) in [5, 5.41) is 2.61. The number of hydrogen-bond acceptors (Lipinski definition) is 2. The minimum Gasteiger partial charge on any atom is -0.352 e. The Kier molecular flexibility index (Phi) is 7.05. The second kappa shape index (κ2) is 9.38. The molecule has 1 heterocycles. The number of urea groups is 1. The number of alkyl halides is 6. The van der Waals surface area contributed by atoms with Gasteiger partial charge in [0.2, 0.25) is 5.91 Å². The van der Waals surface area contributed by atoms with Gasteiger partial charge in [0.15, 0.2) is 0 Å². The van der Waals surface area contributed by atoms with Crippen LogP contribution in [0.2, 0.25) is 0 Å². The van der Waals surface area contributed by atoms with Crippen LogP contribution in [-0.2, 0) is 17.1 Å². The van der Waals surface area contributed by atoms with Crippen molar-refractivity contribution in [2.45, 2.75) is 38.3 Å². The highest BCUT2D eigenvalue weighted by molar-refractivity contribution is 5.89. The third-order valence-electron chi connectivity index (χ3n) is 5.96. The van der Waals surface area contributed by atoms with Gasteiger partial charge in [0.1, 0.15) is 11.9 Å². The molecule has 3 rings (SSSR count). The van der Waals surface area contributed by atoms with Crippen LogP contribution >= 0.6 is 0 Å². The second-order valence-corrected chi connectivity index (χ2v) is 8.30. The van der Waals surface area contributed by atoms with E-state index in [0.29, 0.717) is 23.3 Å². The molecule has 1 aliphatic rings. The maximum absolute atomic E-state index is 13.6. The molecule has 190 valence electrons. The van der Waals surface area contributed by atoms with Crippen LogP contribution in [0.4, 0.5) is 35.5 Å². The van der Waals surface area contributed by atoms with Gasteiger partial charge in [-0.15, -0.1) is 0 Å². The molecule has 0 unspecified atom stereocenters. The van der Waals surface area contributed by atoms with Gasteiger partial charge in [-0.25, -0.2) is 9.18 Å². The highest BCUT2D eigenvalue weighted by atomic mass is 19.4. The van der Waals surface area contributed by atoms with Crippen LogP contribution in [0.15, 0.2) is 36.4 Å². The molecule has 1 fully saturated rings. The zero-order valence-corrected chi connectivity index (χ0v) is 18.9. The van der Waals surface area contributed by atoms with Crippen molar-refractivity contribution in [3.8, 4) is 0 Å². The van der Waals surface area contributed by atoms with Crippen molar-refractivity contribution >= 4 is 11.9 Å². The predicted molar refractivity (Wildman–Crippen MR) is 112 cm³/mol. The van der Waals surface area contributed by atoms with Gasteiger partial charge < -0.3 is 15.1 Å². The first-order valence-corrected chi connectivity index (χ1v) is 10.5. The zero-order valence-electron chi connectivity index (χ0n) is 18.9. The number of nitrogens with one attached hydrogen (secondary N) is 1. The fraction of sp³-hybridized carbons (Fsp3) is 0.391. The second-order valence-electron chi connectivity index (χ2n) is 8.30. The summed E-state index contributed by atoms with van der Waals surface area (Å²) in [6.07, 6.45) is -10.1. The molecule has 0 bridgehead atoms. The maximum atomic E-state index is 13.6. The third kappa shape index (κ3) is 5.51. The van der Waals surface area contributed by atoms with Gasteiger partial charge in [0, 0.05) is 20.1 Å². The van der Waals surface area contributed by atoms with Crippen LogP contribution in [0.25, 0.3) is 0 Å². The Hall–Kier alpha value is -3.31. The molecule has 2 aromatic carbocycles. The molecule has 0 radical (unpaired) electrons. The van der Waals surface area contributed by atoms with Gasteiger partial charge in [0.25, 0.3) is 0 Å². The van der Waals surface area contributed by atoms with Gasteiger partial charge in [-0.05, 0) is 60.9 Å². The van der Waals surface area contributed by atoms with Gasteiger partial charge in [0.05, 0.1) is 17.2 Å². The number of carbonyl (C=O) groups excluding carboxylic acids is 2. The summed E-state index contributed by atoms with van der Waals surface area (Å²) in [6, 6.07) is 1.67. The van der Waals surface area contributed by atoms with E-state index in [-0.39, 0.29) is 24.7 Å². The zero-order chi connectivity index (χ0) is 26.3. The van der Waals surface area contributed by atoms with Crippen molar-refractivity contribution in [2.75, 3.05) is 20.1 Å². The smallest absolute Gasteiger partial charge is 0.352 e. The van der Waals surface area contributed by atoms with E-state index in [4.69, 9.17) is 0 Å². The van der Waals surface area contributed by atoms with E-state index < -0.39 is 53.3 Å². The fourth-order valence-corrected chi connectivity index (χ4v) is 3.94. The van der Waals surface area contributed by atoms with E-state index >= 15 is 0 Å². The Labute approximate surface area is 196 Å². The Balaban J connectivity index is 1.98. The number of aryl methyl sites for hydroxylation is 1. The van der Waals surface area contributed by atoms with Gasteiger partial charge in [-0.2, -0.15) is 26.3 Å². The largest absolute Gasteiger partial charge is 0.416 e. The van der Waals surface area contributed by atoms with Crippen molar-refractivity contribution in [2.24, 2.45) is 0 Å². The summed E-state index contributed by atoms with van der Waals surface area (Å²) >= 11 is 0. The van der Waals surface area contributed by atoms with Crippen LogP contribution in [0, 0.1) is 12.7 Å². The number of halogens is 7. The molecule has 2 atom stereocenters. The number of benzene rings is 2. The van der Waals surface area contributed by atoms with Crippen molar-refractivity contribution in [1.82, 2.24) is 15.1 Å². The monoisotopic (exact) mass is 505 g/mol. The van der Waals surface area contributed by atoms with Crippen molar-refractivity contribution in [3.63, 3.8) is 0 Å². The van der Waals surface area contributed by atoms with E-state index in [1.54, 1.807) is 6.92 Å². The van der Waals surface area contributed by atoms with E-state index in [9.17, 15) is 40.3 Å². The molecule has 0 spiro atoms. The summed E-state index contributed by atoms with van der Waals surface area (Å²) in [5.41, 5.74) is -2.62. The molecule has 0 aromatic heterocycles. The van der Waals surface area contributed by atoms with Gasteiger partial charge in [-0.1, -0.05) is 6.07 Å². The summed E-state index contributed by atoms with van der Waals surface area (Å²) in [4.78, 5) is 28.1. The number of rotatable bonds is 3. The van der Waals surface area contributed by atoms with Crippen molar-refractivity contribution in [3.05, 3.63) is 70.0 Å². The Morgan fingerprint density at radius 2 is 1.63 bits per heavy atom. The Morgan fingerprint density at radius 3 is 2.14 bits per heavy atom. The first-order chi connectivity index (χ1) is 16.1. The molecule has 0 aliphatic carbocycles. The Morgan fingerprint density at radius 1 is 1.06 bits per heavy atom. The molecular weight excluding hydrogens is 483 g/mol. The summed E-state index contributed by atoms with van der Waals surface area (Å²) in [7, 11) is 1.22. The number of nitrogens with zero attached hydrogens (tertiary/aromatic N) is 2. The van der Waals surface area contributed by atoms with Gasteiger partial charge >= 0.3 is 18.4 Å².